The summed E-state index contributed by atoms with van der Waals surface area (Å²) in [5, 5.41) is 3.73. The van der Waals surface area contributed by atoms with Crippen LogP contribution in [0.4, 0.5) is 11.4 Å². The number of benzene rings is 8. The van der Waals surface area contributed by atoms with Gasteiger partial charge in [0.05, 0.1) is 5.41 Å². The molecule has 3 aliphatic rings. The summed E-state index contributed by atoms with van der Waals surface area (Å²) in [6, 6.07) is 72.4. The van der Waals surface area contributed by atoms with E-state index in [1.165, 1.54) is 114 Å². The predicted octanol–water partition coefficient (Wildman–Crippen LogP) is 17.8. The SMILES string of the molecule is C/C(=C\Cc1ccccc1)c1ccccc1.CC1=CC=CCC1.CCC.Cc1ccc(-c2ccccc2-c2ccc3c(c2)C2(c4ccccc4Nc4ccccc42)c2ccccc2-3)cc1. The second-order valence-corrected chi connectivity index (χ2v) is 17.3. The molecule has 1 nitrogen and oxygen atoms in total. The first-order valence-corrected chi connectivity index (χ1v) is 23.4. The molecule has 1 heteroatoms. The fraction of sp³-hybridized carbons (Fsp3) is 0.156. The van der Waals surface area contributed by atoms with E-state index in [9.17, 15) is 0 Å². The second kappa shape index (κ2) is 21.0. The molecule has 0 amide bonds. The molecule has 1 N–H and O–H groups in total. The van der Waals surface area contributed by atoms with E-state index in [0.717, 1.165) is 6.42 Å². The Morgan fingerprint density at radius 2 is 1.03 bits per heavy atom. The van der Waals surface area contributed by atoms with Gasteiger partial charge in [-0.2, -0.15) is 0 Å². The molecule has 11 rings (SSSR count). The van der Waals surface area contributed by atoms with Crippen LogP contribution in [0.15, 0.2) is 230 Å². The molecule has 0 bridgehead atoms. The monoisotopic (exact) mass is 843 g/mol. The highest BCUT2D eigenvalue weighted by molar-refractivity contribution is 5.94. The van der Waals surface area contributed by atoms with Gasteiger partial charge in [-0.3, -0.25) is 0 Å². The van der Waals surface area contributed by atoms with Crippen molar-refractivity contribution in [3.05, 3.63) is 269 Å². The molecule has 2 aliphatic carbocycles. The first kappa shape index (κ1) is 44.4. The Morgan fingerprint density at radius 1 is 0.523 bits per heavy atom. The largest absolute Gasteiger partial charge is 0.355 e. The van der Waals surface area contributed by atoms with Gasteiger partial charge < -0.3 is 5.32 Å². The average molecular weight is 844 g/mol. The quantitative estimate of drug-likeness (QED) is 0.182. The lowest BCUT2D eigenvalue weighted by Crippen LogP contribution is -2.33. The van der Waals surface area contributed by atoms with E-state index in [4.69, 9.17) is 0 Å². The van der Waals surface area contributed by atoms with Gasteiger partial charge in [0.15, 0.2) is 0 Å². The Kier molecular flexibility index (Phi) is 14.3. The molecule has 65 heavy (non-hydrogen) atoms. The second-order valence-electron chi connectivity index (χ2n) is 17.3. The third-order valence-corrected chi connectivity index (χ3v) is 12.5. The summed E-state index contributed by atoms with van der Waals surface area (Å²) < 4.78 is 0. The van der Waals surface area contributed by atoms with E-state index >= 15 is 0 Å². The number of allylic oxidation sites excluding steroid dienone is 6. The van der Waals surface area contributed by atoms with Gasteiger partial charge in [0.2, 0.25) is 0 Å². The van der Waals surface area contributed by atoms with Crippen LogP contribution >= 0.6 is 0 Å². The van der Waals surface area contributed by atoms with Crippen LogP contribution in [0.5, 0.6) is 0 Å². The third kappa shape index (κ3) is 9.66. The van der Waals surface area contributed by atoms with Gasteiger partial charge in [0.25, 0.3) is 0 Å². The van der Waals surface area contributed by atoms with Crippen molar-refractivity contribution in [3.63, 3.8) is 0 Å². The minimum atomic E-state index is -0.390. The summed E-state index contributed by atoms with van der Waals surface area (Å²) in [5.74, 6) is 0. The number of hydrogen-bond donors (Lipinski definition) is 1. The van der Waals surface area contributed by atoms with E-state index in [1.54, 1.807) is 0 Å². The summed E-state index contributed by atoms with van der Waals surface area (Å²) in [7, 11) is 0. The normalized spacial score (nSPS) is 13.4. The number of para-hydroxylation sites is 2. The molecule has 0 radical (unpaired) electrons. The standard InChI is InChI=1S/C38H27N.C16H16.C7H10.C3H8/c1-25-18-20-26(21-19-25)28-10-2-3-11-29(28)27-22-23-31-30-12-4-5-13-32(30)38(35(31)24-27)33-14-6-8-16-36(33)39-37-17-9-7-15-34(37)38;1-14(16-10-6-3-7-11-16)12-13-15-8-4-2-5-9-15;1-7-5-3-2-4-6-7;1-3-2/h2-24,39H,1H3;2-12H,13H2,1H3;2-3,5H,4,6H2,1H3;3H2,1-2H3/b;14-12+;;. The maximum absolute atomic E-state index is 3.73. The summed E-state index contributed by atoms with van der Waals surface area (Å²) >= 11 is 0. The van der Waals surface area contributed by atoms with Gasteiger partial charge in [-0.05, 0) is 131 Å². The number of anilines is 2. The summed E-state index contributed by atoms with van der Waals surface area (Å²) in [5.41, 5.74) is 21.7. The lowest BCUT2D eigenvalue weighted by molar-refractivity contribution is 0.763. The van der Waals surface area contributed by atoms with Crippen molar-refractivity contribution in [2.45, 2.75) is 65.7 Å². The zero-order valence-corrected chi connectivity index (χ0v) is 38.7. The maximum Gasteiger partial charge on any atom is 0.0754 e. The maximum atomic E-state index is 3.73. The van der Waals surface area contributed by atoms with Gasteiger partial charge in [-0.25, -0.2) is 0 Å². The smallest absolute Gasteiger partial charge is 0.0754 e. The summed E-state index contributed by atoms with van der Waals surface area (Å²) in [4.78, 5) is 0. The van der Waals surface area contributed by atoms with E-state index in [1.807, 2.05) is 6.07 Å². The molecule has 0 atom stereocenters. The highest BCUT2D eigenvalue weighted by Crippen LogP contribution is 2.61. The summed E-state index contributed by atoms with van der Waals surface area (Å²) in [6.45, 7) is 10.7. The topological polar surface area (TPSA) is 12.0 Å². The first-order valence-electron chi connectivity index (χ1n) is 23.4. The van der Waals surface area contributed by atoms with E-state index in [0.29, 0.717) is 0 Å². The van der Waals surface area contributed by atoms with E-state index in [2.05, 4.69) is 258 Å². The fourth-order valence-corrected chi connectivity index (χ4v) is 9.30. The van der Waals surface area contributed by atoms with Crippen molar-refractivity contribution >= 4 is 16.9 Å². The number of aryl methyl sites for hydroxylation is 1. The molecule has 1 heterocycles. The Labute approximate surface area is 388 Å². The van der Waals surface area contributed by atoms with Crippen molar-refractivity contribution in [3.8, 4) is 33.4 Å². The van der Waals surface area contributed by atoms with Crippen molar-refractivity contribution in [2.24, 2.45) is 0 Å². The minimum Gasteiger partial charge on any atom is -0.355 e. The Balaban J connectivity index is 0.000000182. The molecule has 0 fully saturated rings. The highest BCUT2D eigenvalue weighted by atomic mass is 14.9. The fourth-order valence-electron chi connectivity index (χ4n) is 9.30. The number of nitrogens with one attached hydrogen (secondary N) is 1. The molecule has 322 valence electrons. The summed E-state index contributed by atoms with van der Waals surface area (Å²) in [6.07, 6.45) is 13.5. The van der Waals surface area contributed by atoms with Crippen LogP contribution in [-0.2, 0) is 11.8 Å². The van der Waals surface area contributed by atoms with Gasteiger partial charge in [-0.15, -0.1) is 0 Å². The van der Waals surface area contributed by atoms with Crippen LogP contribution in [0.25, 0.3) is 39.0 Å². The molecule has 8 aromatic rings. The molecule has 8 aromatic carbocycles. The molecular formula is C64H61N. The molecule has 0 aromatic heterocycles. The first-order chi connectivity index (χ1) is 31.9. The van der Waals surface area contributed by atoms with Crippen molar-refractivity contribution in [2.75, 3.05) is 5.32 Å². The molecule has 0 unspecified atom stereocenters. The highest BCUT2D eigenvalue weighted by Gasteiger charge is 2.50. The van der Waals surface area contributed by atoms with Gasteiger partial charge >= 0.3 is 0 Å². The van der Waals surface area contributed by atoms with Crippen LogP contribution in [0.3, 0.4) is 0 Å². The van der Waals surface area contributed by atoms with Crippen molar-refractivity contribution in [1.29, 1.82) is 0 Å². The van der Waals surface area contributed by atoms with Crippen LogP contribution in [0.1, 0.15) is 85.9 Å². The minimum absolute atomic E-state index is 0.390. The average Bonchev–Trinajstić information content (AvgIpc) is 3.65. The van der Waals surface area contributed by atoms with Crippen LogP contribution in [-0.4, -0.2) is 0 Å². The lowest BCUT2D eigenvalue weighted by Gasteiger charge is -2.40. The predicted molar refractivity (Wildman–Crippen MR) is 281 cm³/mol. The van der Waals surface area contributed by atoms with Gasteiger partial charge in [-0.1, -0.05) is 238 Å². The van der Waals surface area contributed by atoms with E-state index in [-0.39, 0.29) is 5.41 Å². The Bertz CT molecular complexity index is 2880. The van der Waals surface area contributed by atoms with Crippen molar-refractivity contribution in [1.82, 2.24) is 0 Å². The number of fused-ring (bicyclic) bond motifs is 9. The number of rotatable bonds is 5. The van der Waals surface area contributed by atoms with Crippen molar-refractivity contribution < 1.29 is 0 Å². The zero-order valence-electron chi connectivity index (χ0n) is 38.7. The third-order valence-electron chi connectivity index (χ3n) is 12.5. The van der Waals surface area contributed by atoms with Gasteiger partial charge in [0.1, 0.15) is 0 Å². The van der Waals surface area contributed by atoms with Crippen LogP contribution < -0.4 is 5.32 Å². The molecular weight excluding hydrogens is 783 g/mol. The molecule has 1 aliphatic heterocycles. The number of hydrogen-bond acceptors (Lipinski definition) is 1. The van der Waals surface area contributed by atoms with Crippen LogP contribution in [0, 0.1) is 6.92 Å². The molecule has 1 spiro atoms. The Morgan fingerprint density at radius 3 is 1.62 bits per heavy atom. The lowest BCUT2D eigenvalue weighted by atomic mass is 9.65. The Hall–Kier alpha value is -7.22. The molecule has 0 saturated heterocycles. The molecule has 0 saturated carbocycles. The zero-order chi connectivity index (χ0) is 45.0. The van der Waals surface area contributed by atoms with Gasteiger partial charge in [0, 0.05) is 11.4 Å². The van der Waals surface area contributed by atoms with E-state index < -0.39 is 0 Å². The van der Waals surface area contributed by atoms with Crippen LogP contribution in [0.2, 0.25) is 0 Å².